The third kappa shape index (κ3) is 3.96. The standard InChI is InChI=1S/C24H27N3O2/c1-17(2)13-23-21-15-26(16-22(21)24(28)27(25-23)11-12-29-3)14-19-9-6-8-18-7-4-5-10-20(18)19/h4-10,15-17H,11-14H2,1-3H3. The molecule has 150 valence electrons. The van der Waals surface area contributed by atoms with E-state index in [4.69, 9.17) is 4.74 Å². The van der Waals surface area contributed by atoms with Gasteiger partial charge in [0.25, 0.3) is 5.56 Å². The summed E-state index contributed by atoms with van der Waals surface area (Å²) in [7, 11) is 1.64. The van der Waals surface area contributed by atoms with Crippen LogP contribution in [0.25, 0.3) is 21.5 Å². The number of aromatic nitrogens is 3. The van der Waals surface area contributed by atoms with E-state index < -0.39 is 0 Å². The summed E-state index contributed by atoms with van der Waals surface area (Å²) in [6.45, 7) is 5.99. The summed E-state index contributed by atoms with van der Waals surface area (Å²) in [5.41, 5.74) is 2.16. The lowest BCUT2D eigenvalue weighted by atomic mass is 10.0. The maximum absolute atomic E-state index is 13.0. The third-order valence-electron chi connectivity index (χ3n) is 5.24. The maximum Gasteiger partial charge on any atom is 0.276 e. The molecule has 0 N–H and O–H groups in total. The number of hydrogen-bond donors (Lipinski definition) is 0. The monoisotopic (exact) mass is 389 g/mol. The van der Waals surface area contributed by atoms with Crippen LogP contribution in [0.15, 0.2) is 59.7 Å². The van der Waals surface area contributed by atoms with E-state index in [0.717, 1.165) is 22.9 Å². The lowest BCUT2D eigenvalue weighted by Gasteiger charge is -2.10. The number of methoxy groups -OCH3 is 1. The molecule has 29 heavy (non-hydrogen) atoms. The summed E-state index contributed by atoms with van der Waals surface area (Å²) in [5.74, 6) is 0.459. The lowest BCUT2D eigenvalue weighted by Crippen LogP contribution is -2.26. The molecule has 0 spiro atoms. The number of nitrogens with zero attached hydrogens (tertiary/aromatic N) is 3. The predicted octanol–water partition coefficient (Wildman–Crippen LogP) is 4.24. The van der Waals surface area contributed by atoms with Crippen molar-refractivity contribution >= 4 is 21.5 Å². The molecular formula is C24H27N3O2. The predicted molar refractivity (Wildman–Crippen MR) is 117 cm³/mol. The van der Waals surface area contributed by atoms with Gasteiger partial charge in [-0.3, -0.25) is 4.79 Å². The van der Waals surface area contributed by atoms with Crippen LogP contribution in [-0.4, -0.2) is 28.1 Å². The lowest BCUT2D eigenvalue weighted by molar-refractivity contribution is 0.181. The second kappa shape index (κ2) is 8.21. The van der Waals surface area contributed by atoms with E-state index in [9.17, 15) is 4.79 Å². The van der Waals surface area contributed by atoms with Crippen LogP contribution in [0.1, 0.15) is 25.1 Å². The van der Waals surface area contributed by atoms with Gasteiger partial charge in [0.1, 0.15) is 0 Å². The van der Waals surface area contributed by atoms with Crippen molar-refractivity contribution < 1.29 is 4.74 Å². The summed E-state index contributed by atoms with van der Waals surface area (Å²) in [6.07, 6.45) is 4.88. The minimum atomic E-state index is -0.0544. The molecule has 2 aromatic carbocycles. The number of fused-ring (bicyclic) bond motifs is 2. The average Bonchev–Trinajstić information content (AvgIpc) is 3.14. The van der Waals surface area contributed by atoms with Gasteiger partial charge < -0.3 is 9.30 Å². The second-order valence-corrected chi connectivity index (χ2v) is 7.96. The van der Waals surface area contributed by atoms with Crippen LogP contribution >= 0.6 is 0 Å². The zero-order chi connectivity index (χ0) is 20.4. The molecule has 0 amide bonds. The van der Waals surface area contributed by atoms with Crippen molar-refractivity contribution in [3.8, 4) is 0 Å². The molecule has 0 aliphatic heterocycles. The zero-order valence-corrected chi connectivity index (χ0v) is 17.3. The van der Waals surface area contributed by atoms with Crippen LogP contribution < -0.4 is 5.56 Å². The quantitative estimate of drug-likeness (QED) is 0.475. The van der Waals surface area contributed by atoms with Gasteiger partial charge in [0, 0.05) is 31.4 Å². The van der Waals surface area contributed by atoms with Crippen LogP contribution in [0.5, 0.6) is 0 Å². The molecule has 2 aromatic heterocycles. The first-order chi connectivity index (χ1) is 14.1. The maximum atomic E-state index is 13.0. The molecule has 0 saturated carbocycles. The topological polar surface area (TPSA) is 49.0 Å². The average molecular weight is 389 g/mol. The Bertz CT molecular complexity index is 1200. The van der Waals surface area contributed by atoms with Gasteiger partial charge in [-0.05, 0) is 28.7 Å². The van der Waals surface area contributed by atoms with E-state index in [1.807, 2.05) is 6.20 Å². The Hall–Kier alpha value is -2.92. The molecule has 0 unspecified atom stereocenters. The highest BCUT2D eigenvalue weighted by Gasteiger charge is 2.15. The fourth-order valence-electron chi connectivity index (χ4n) is 3.88. The number of rotatable bonds is 7. The van der Waals surface area contributed by atoms with Gasteiger partial charge in [0.05, 0.1) is 24.2 Å². The smallest absolute Gasteiger partial charge is 0.276 e. The molecular weight excluding hydrogens is 362 g/mol. The molecule has 0 radical (unpaired) electrons. The molecule has 4 aromatic rings. The normalized spacial score (nSPS) is 11.7. The number of hydrogen-bond acceptors (Lipinski definition) is 3. The van der Waals surface area contributed by atoms with Gasteiger partial charge in [0.2, 0.25) is 0 Å². The van der Waals surface area contributed by atoms with Crippen LogP contribution in [-0.2, 0) is 24.2 Å². The van der Waals surface area contributed by atoms with Crippen molar-refractivity contribution in [2.75, 3.05) is 13.7 Å². The Balaban J connectivity index is 1.79. The van der Waals surface area contributed by atoms with Crippen molar-refractivity contribution in [1.29, 1.82) is 0 Å². The van der Waals surface area contributed by atoms with E-state index in [1.54, 1.807) is 11.8 Å². The molecule has 0 saturated heterocycles. The van der Waals surface area contributed by atoms with E-state index >= 15 is 0 Å². The fourth-order valence-corrected chi connectivity index (χ4v) is 3.88. The van der Waals surface area contributed by atoms with Crippen molar-refractivity contribution in [2.24, 2.45) is 5.92 Å². The van der Waals surface area contributed by atoms with Crippen molar-refractivity contribution in [2.45, 2.75) is 33.4 Å². The minimum Gasteiger partial charge on any atom is -0.383 e. The molecule has 0 aliphatic carbocycles. The van der Waals surface area contributed by atoms with Crippen LogP contribution in [0.4, 0.5) is 0 Å². The first-order valence-electron chi connectivity index (χ1n) is 10.1. The van der Waals surface area contributed by atoms with Crippen molar-refractivity contribution in [1.82, 2.24) is 14.3 Å². The summed E-state index contributed by atoms with van der Waals surface area (Å²) in [6, 6.07) is 14.8. The van der Waals surface area contributed by atoms with E-state index in [-0.39, 0.29) is 5.56 Å². The van der Waals surface area contributed by atoms with Gasteiger partial charge in [-0.1, -0.05) is 56.3 Å². The largest absolute Gasteiger partial charge is 0.383 e. The Labute approximate surface area is 170 Å². The van der Waals surface area contributed by atoms with Crippen LogP contribution in [0, 0.1) is 5.92 Å². The molecule has 0 bridgehead atoms. The van der Waals surface area contributed by atoms with Crippen molar-refractivity contribution in [3.63, 3.8) is 0 Å². The Morgan fingerprint density at radius 2 is 1.76 bits per heavy atom. The Morgan fingerprint density at radius 3 is 2.55 bits per heavy atom. The highest BCUT2D eigenvalue weighted by molar-refractivity contribution is 5.86. The number of ether oxygens (including phenoxy) is 1. The van der Waals surface area contributed by atoms with E-state index in [1.165, 1.54) is 16.3 Å². The Morgan fingerprint density at radius 1 is 1.00 bits per heavy atom. The highest BCUT2D eigenvalue weighted by atomic mass is 16.5. The third-order valence-corrected chi connectivity index (χ3v) is 5.24. The van der Waals surface area contributed by atoms with Gasteiger partial charge in [-0.15, -0.1) is 0 Å². The summed E-state index contributed by atoms with van der Waals surface area (Å²) in [5, 5.41) is 8.81. The number of benzene rings is 2. The molecule has 4 rings (SSSR count). The van der Waals surface area contributed by atoms with E-state index in [2.05, 4.69) is 72.2 Å². The SMILES string of the molecule is COCCn1nc(CC(C)C)c2cn(Cc3cccc4ccccc34)cc2c1=O. The highest BCUT2D eigenvalue weighted by Crippen LogP contribution is 2.22. The van der Waals surface area contributed by atoms with Crippen LogP contribution in [0.3, 0.4) is 0 Å². The van der Waals surface area contributed by atoms with Gasteiger partial charge in [-0.25, -0.2) is 4.68 Å². The molecule has 5 nitrogen and oxygen atoms in total. The van der Waals surface area contributed by atoms with Gasteiger partial charge in [0.15, 0.2) is 0 Å². The summed E-state index contributed by atoms with van der Waals surface area (Å²) in [4.78, 5) is 13.0. The molecule has 5 heteroatoms. The molecule has 0 atom stereocenters. The summed E-state index contributed by atoms with van der Waals surface area (Å²) < 4.78 is 8.81. The summed E-state index contributed by atoms with van der Waals surface area (Å²) >= 11 is 0. The molecule has 0 aliphatic rings. The van der Waals surface area contributed by atoms with Gasteiger partial charge in [-0.2, -0.15) is 5.10 Å². The van der Waals surface area contributed by atoms with Crippen LogP contribution in [0.2, 0.25) is 0 Å². The minimum absolute atomic E-state index is 0.0544. The molecule has 0 fully saturated rings. The second-order valence-electron chi connectivity index (χ2n) is 7.96. The van der Waals surface area contributed by atoms with Crippen molar-refractivity contribution in [3.05, 3.63) is 76.5 Å². The first kappa shape index (κ1) is 19.4. The molecule has 2 heterocycles. The zero-order valence-electron chi connectivity index (χ0n) is 17.3. The first-order valence-corrected chi connectivity index (χ1v) is 10.1. The van der Waals surface area contributed by atoms with Gasteiger partial charge >= 0.3 is 0 Å². The fraction of sp³-hybridized carbons (Fsp3) is 0.333. The van der Waals surface area contributed by atoms with E-state index in [0.29, 0.717) is 25.6 Å². The Kier molecular flexibility index (Phi) is 5.49.